The summed E-state index contributed by atoms with van der Waals surface area (Å²) in [6.45, 7) is 3.34. The summed E-state index contributed by atoms with van der Waals surface area (Å²) in [4.78, 5) is 0. The van der Waals surface area contributed by atoms with E-state index in [0.717, 1.165) is 12.2 Å². The summed E-state index contributed by atoms with van der Waals surface area (Å²) in [7, 11) is -10.2. The molecule has 0 atom stereocenters. The maximum atomic E-state index is 12.8. The first-order valence-electron chi connectivity index (χ1n) is 4.57. The summed E-state index contributed by atoms with van der Waals surface area (Å²) in [6.07, 6.45) is 4.04. The van der Waals surface area contributed by atoms with Gasteiger partial charge in [-0.15, -0.1) is 15.5 Å². The molecule has 0 unspecified atom stereocenters. The Kier molecular flexibility index (Phi) is 2.84. The lowest BCUT2D eigenvalue weighted by atomic mass is 10.0. The third-order valence-corrected chi connectivity index (χ3v) is 3.92. The highest BCUT2D eigenvalue weighted by Gasteiger charge is 2.81. The van der Waals surface area contributed by atoms with E-state index in [1.165, 1.54) is 12.2 Å². The maximum Gasteiger partial charge on any atom is 0.509 e. The van der Waals surface area contributed by atoms with Gasteiger partial charge in [-0.3, -0.25) is 0 Å². The molecule has 0 fully saturated rings. The van der Waals surface area contributed by atoms with E-state index in [2.05, 4.69) is 6.58 Å². The first-order chi connectivity index (χ1) is 7.78. The smallest absolute Gasteiger partial charge is 0.155 e. The fourth-order valence-electron chi connectivity index (χ4n) is 1.19. The molecule has 1 rings (SSSR count). The van der Waals surface area contributed by atoms with Crippen LogP contribution in [0.3, 0.4) is 0 Å². The van der Waals surface area contributed by atoms with Crippen molar-refractivity contribution in [3.05, 3.63) is 47.4 Å². The van der Waals surface area contributed by atoms with Crippen LogP contribution in [-0.2, 0) is 0 Å². The van der Waals surface area contributed by atoms with E-state index in [1.807, 2.05) is 0 Å². The van der Waals surface area contributed by atoms with Crippen molar-refractivity contribution in [1.82, 2.24) is 0 Å². The van der Waals surface area contributed by atoms with E-state index in [0.29, 0.717) is 5.57 Å². The molecule has 0 spiro atoms. The second-order valence-electron chi connectivity index (χ2n) is 3.72. The highest BCUT2D eigenvalue weighted by molar-refractivity contribution is 8.52. The molecule has 0 heterocycles. The minimum atomic E-state index is -10.2. The maximum absolute atomic E-state index is 12.8. The predicted octanol–water partition coefficient (Wildman–Crippen LogP) is 5.88. The number of alkyl halides is 3. The van der Waals surface area contributed by atoms with Crippen molar-refractivity contribution in [3.8, 4) is 0 Å². The molecule has 0 saturated carbocycles. The predicted molar refractivity (Wildman–Crippen MR) is 58.2 cm³/mol. The van der Waals surface area contributed by atoms with Gasteiger partial charge in [-0.25, -0.2) is 0 Å². The van der Waals surface area contributed by atoms with E-state index in [9.17, 15) is 28.7 Å². The van der Waals surface area contributed by atoms with Crippen LogP contribution in [-0.4, -0.2) is 5.51 Å². The van der Waals surface area contributed by atoms with Crippen molar-refractivity contribution in [2.24, 2.45) is 0 Å². The van der Waals surface area contributed by atoms with E-state index in [-0.39, 0.29) is 0 Å². The Morgan fingerprint density at radius 2 is 1.67 bits per heavy atom. The van der Waals surface area contributed by atoms with Crippen LogP contribution >= 0.6 is 9.84 Å². The van der Waals surface area contributed by atoms with Crippen LogP contribution in [0.2, 0.25) is 0 Å². The van der Waals surface area contributed by atoms with Crippen LogP contribution in [0, 0.1) is 0 Å². The highest BCUT2D eigenvalue weighted by atomic mass is 32.5. The Bertz CT molecular complexity index is 471. The Balaban J connectivity index is 3.23. The van der Waals surface area contributed by atoms with Gasteiger partial charge >= 0.3 is 5.51 Å². The number of hydrogen-bond acceptors (Lipinski definition) is 0. The van der Waals surface area contributed by atoms with Gasteiger partial charge in [0.1, 0.15) is 0 Å². The zero-order valence-electron chi connectivity index (χ0n) is 8.85. The largest absolute Gasteiger partial charge is 0.509 e. The summed E-state index contributed by atoms with van der Waals surface area (Å²) in [5.41, 5.74) is -7.21. The summed E-state index contributed by atoms with van der Waals surface area (Å²) >= 11 is 0. The van der Waals surface area contributed by atoms with Crippen LogP contribution in [0.4, 0.5) is 28.7 Å². The van der Waals surface area contributed by atoms with E-state index < -0.39 is 32.7 Å². The summed E-state index contributed by atoms with van der Waals surface area (Å²) in [5, 5.41) is -1.23. The summed E-state index contributed by atoms with van der Waals surface area (Å²) in [5.74, 6) is 0. The lowest BCUT2D eigenvalue weighted by molar-refractivity contribution is -0.0683. The standard InChI is InChI=1S/C10H9F7S/c1-2-8-3-5-9(6-4-8)7-18(14,15,16,17)10(11,12)13/h2-5,7H,1,6H2. The molecule has 0 aromatic carbocycles. The van der Waals surface area contributed by atoms with E-state index >= 15 is 0 Å². The Morgan fingerprint density at radius 3 is 2.00 bits per heavy atom. The Hall–Kier alpha value is -1.18. The quantitative estimate of drug-likeness (QED) is 0.558. The van der Waals surface area contributed by atoms with Crippen molar-refractivity contribution in [2.45, 2.75) is 11.9 Å². The fourth-order valence-corrected chi connectivity index (χ4v) is 2.10. The van der Waals surface area contributed by atoms with Crippen molar-refractivity contribution >= 4 is 9.84 Å². The molecule has 0 aliphatic heterocycles. The van der Waals surface area contributed by atoms with Crippen molar-refractivity contribution in [3.63, 3.8) is 0 Å². The van der Waals surface area contributed by atoms with Gasteiger partial charge in [0.15, 0.2) is 0 Å². The summed E-state index contributed by atoms with van der Waals surface area (Å²) < 4.78 is 87.0. The molecule has 0 bridgehead atoms. The molecule has 18 heavy (non-hydrogen) atoms. The lowest BCUT2D eigenvalue weighted by Crippen LogP contribution is -2.30. The first kappa shape index (κ1) is 14.9. The minimum Gasteiger partial charge on any atom is -0.155 e. The molecule has 0 amide bonds. The van der Waals surface area contributed by atoms with Crippen LogP contribution in [0.15, 0.2) is 47.4 Å². The van der Waals surface area contributed by atoms with Crippen LogP contribution in [0.1, 0.15) is 6.42 Å². The van der Waals surface area contributed by atoms with Gasteiger partial charge in [0.05, 0.1) is 5.41 Å². The van der Waals surface area contributed by atoms with Gasteiger partial charge in [-0.1, -0.05) is 30.9 Å². The highest BCUT2D eigenvalue weighted by Crippen LogP contribution is 3.04. The summed E-state index contributed by atoms with van der Waals surface area (Å²) in [6, 6.07) is 0. The molecule has 0 nitrogen and oxygen atoms in total. The van der Waals surface area contributed by atoms with E-state index in [1.54, 1.807) is 0 Å². The number of rotatable bonds is 2. The van der Waals surface area contributed by atoms with Gasteiger partial charge in [0.2, 0.25) is 0 Å². The molecule has 104 valence electrons. The van der Waals surface area contributed by atoms with Gasteiger partial charge in [0, 0.05) is 0 Å². The monoisotopic (exact) mass is 294 g/mol. The number of allylic oxidation sites excluding steroid dienone is 6. The van der Waals surface area contributed by atoms with Gasteiger partial charge in [-0.05, 0) is 17.6 Å². The van der Waals surface area contributed by atoms with Gasteiger partial charge in [0.25, 0.3) is 9.84 Å². The molecule has 0 saturated heterocycles. The Labute approximate surface area is 98.6 Å². The SMILES string of the molecule is C=CC1=CCC(=CS(F)(F)(F)(F)C(F)(F)F)C=C1. The molecule has 1 aliphatic rings. The molecular formula is C10H9F7S. The van der Waals surface area contributed by atoms with Crippen LogP contribution in [0.25, 0.3) is 0 Å². The average molecular weight is 294 g/mol. The number of hydrogen-bond donors (Lipinski definition) is 0. The molecule has 1 aliphatic carbocycles. The fraction of sp³-hybridized carbons (Fsp3) is 0.200. The van der Waals surface area contributed by atoms with Crippen molar-refractivity contribution in [2.75, 3.05) is 0 Å². The molecule has 0 N–H and O–H groups in total. The van der Waals surface area contributed by atoms with Crippen molar-refractivity contribution in [1.29, 1.82) is 0 Å². The molecule has 0 aromatic rings. The second-order valence-corrected chi connectivity index (χ2v) is 6.68. The third-order valence-electron chi connectivity index (χ3n) is 2.17. The Morgan fingerprint density at radius 1 is 1.11 bits per heavy atom. The zero-order chi connectivity index (χ0) is 14.3. The molecular weight excluding hydrogens is 285 g/mol. The van der Waals surface area contributed by atoms with Crippen LogP contribution < -0.4 is 0 Å². The third kappa shape index (κ3) is 2.63. The normalized spacial score (nSPS) is 23.3. The molecule has 8 heteroatoms. The first-order valence-corrected chi connectivity index (χ1v) is 6.68. The molecule has 0 aromatic heterocycles. The van der Waals surface area contributed by atoms with Crippen molar-refractivity contribution < 1.29 is 28.7 Å². The van der Waals surface area contributed by atoms with E-state index in [4.69, 9.17) is 0 Å². The topological polar surface area (TPSA) is 0 Å². The van der Waals surface area contributed by atoms with Crippen LogP contribution in [0.5, 0.6) is 0 Å². The lowest BCUT2D eigenvalue weighted by Gasteiger charge is -2.47. The number of halogens is 7. The second kappa shape index (κ2) is 3.43. The van der Waals surface area contributed by atoms with Gasteiger partial charge in [-0.2, -0.15) is 13.2 Å². The minimum absolute atomic E-state index is 0.435. The average Bonchev–Trinajstić information content (AvgIpc) is 2.14. The molecule has 0 radical (unpaired) electrons. The zero-order valence-corrected chi connectivity index (χ0v) is 9.67. The van der Waals surface area contributed by atoms with Gasteiger partial charge < -0.3 is 0 Å².